The number of nitrogens with zero attached hydrogens (tertiary/aromatic N) is 3. The summed E-state index contributed by atoms with van der Waals surface area (Å²) in [7, 11) is 0. The summed E-state index contributed by atoms with van der Waals surface area (Å²) in [6, 6.07) is 16.0. The topological polar surface area (TPSA) is 104 Å². The molecule has 1 amide bonds. The number of piperidine rings is 1. The van der Waals surface area contributed by atoms with Crippen LogP contribution in [-0.4, -0.2) is 61.9 Å². The van der Waals surface area contributed by atoms with Gasteiger partial charge in [-0.25, -0.2) is 0 Å². The summed E-state index contributed by atoms with van der Waals surface area (Å²) < 4.78 is 11.0. The second-order valence-electron chi connectivity index (χ2n) is 10.1. The highest BCUT2D eigenvalue weighted by Crippen LogP contribution is 2.37. The Hall–Kier alpha value is -3.46. The number of hydrogen-bond donors (Lipinski definition) is 3. The van der Waals surface area contributed by atoms with Gasteiger partial charge in [-0.3, -0.25) is 9.79 Å². The Bertz CT molecular complexity index is 1100. The molecule has 3 aliphatic heterocycles. The fraction of sp³-hybridized carbons (Fsp3) is 0.462. The van der Waals surface area contributed by atoms with Gasteiger partial charge in [0.2, 0.25) is 12.7 Å². The molecule has 2 aromatic rings. The highest BCUT2D eigenvalue weighted by atomic mass is 16.7. The van der Waals surface area contributed by atoms with Gasteiger partial charge in [0.05, 0.1) is 6.67 Å². The zero-order valence-corrected chi connectivity index (χ0v) is 20.4. The summed E-state index contributed by atoms with van der Waals surface area (Å²) in [6.45, 7) is 7.54. The van der Waals surface area contributed by atoms with Gasteiger partial charge in [-0.15, -0.1) is 0 Å². The lowest BCUT2D eigenvalue weighted by Crippen LogP contribution is -2.58. The molecule has 2 saturated heterocycles. The number of carbonyl (C=O) groups excluding carboxylic acids is 1. The first-order valence-corrected chi connectivity index (χ1v) is 12.2. The lowest BCUT2D eigenvalue weighted by atomic mass is 9.85. The number of anilines is 2. The summed E-state index contributed by atoms with van der Waals surface area (Å²) in [4.78, 5) is 22.5. The second-order valence-corrected chi connectivity index (χ2v) is 10.1. The largest absolute Gasteiger partial charge is 0.454 e. The number of carbonyl (C=O) groups is 1. The van der Waals surface area contributed by atoms with E-state index in [0.717, 1.165) is 28.8 Å². The average Bonchev–Trinajstić information content (AvgIpc) is 3.47. The predicted molar refractivity (Wildman–Crippen MR) is 137 cm³/mol. The highest BCUT2D eigenvalue weighted by molar-refractivity contribution is 5.96. The first-order valence-electron chi connectivity index (χ1n) is 12.2. The third kappa shape index (κ3) is 4.60. The van der Waals surface area contributed by atoms with Crippen LogP contribution in [0.5, 0.6) is 11.5 Å². The van der Waals surface area contributed by atoms with Crippen molar-refractivity contribution in [2.75, 3.05) is 49.9 Å². The van der Waals surface area contributed by atoms with E-state index in [1.165, 1.54) is 0 Å². The van der Waals surface area contributed by atoms with Crippen molar-refractivity contribution >= 4 is 23.2 Å². The van der Waals surface area contributed by atoms with Crippen molar-refractivity contribution in [3.8, 4) is 11.5 Å². The Morgan fingerprint density at radius 1 is 1.14 bits per heavy atom. The molecule has 35 heavy (non-hydrogen) atoms. The first-order chi connectivity index (χ1) is 16.9. The summed E-state index contributed by atoms with van der Waals surface area (Å²) in [5.74, 6) is 2.35. The van der Waals surface area contributed by atoms with Crippen molar-refractivity contribution in [1.29, 1.82) is 0 Å². The molecule has 0 bridgehead atoms. The fourth-order valence-electron chi connectivity index (χ4n) is 4.80. The third-order valence-electron chi connectivity index (χ3n) is 7.13. The number of nitrogens with two attached hydrogens (primary N) is 1. The normalized spacial score (nSPS) is 19.3. The number of ether oxygens (including phenoxy) is 2. The third-order valence-corrected chi connectivity index (χ3v) is 7.13. The van der Waals surface area contributed by atoms with E-state index in [-0.39, 0.29) is 18.1 Å². The molecular weight excluding hydrogens is 444 g/mol. The molecule has 0 radical (unpaired) electrons. The fourth-order valence-corrected chi connectivity index (χ4v) is 4.80. The van der Waals surface area contributed by atoms with Gasteiger partial charge in [0.25, 0.3) is 0 Å². The van der Waals surface area contributed by atoms with Crippen LogP contribution in [0.4, 0.5) is 11.4 Å². The highest BCUT2D eigenvalue weighted by Gasteiger charge is 2.50. The maximum Gasteiger partial charge on any atom is 0.247 e. The molecule has 9 nitrogen and oxygen atoms in total. The Morgan fingerprint density at radius 2 is 1.89 bits per heavy atom. The Kier molecular flexibility index (Phi) is 6.19. The molecule has 2 fully saturated rings. The van der Waals surface area contributed by atoms with Crippen LogP contribution in [0.15, 0.2) is 53.5 Å². The molecule has 0 atom stereocenters. The van der Waals surface area contributed by atoms with Crippen LogP contribution in [0.2, 0.25) is 0 Å². The predicted octanol–water partition coefficient (Wildman–Crippen LogP) is 2.60. The number of fused-ring (bicyclic) bond motifs is 1. The Morgan fingerprint density at radius 3 is 2.63 bits per heavy atom. The van der Waals surface area contributed by atoms with E-state index in [4.69, 9.17) is 20.2 Å². The van der Waals surface area contributed by atoms with Gasteiger partial charge in [0.1, 0.15) is 5.54 Å². The van der Waals surface area contributed by atoms with E-state index < -0.39 is 5.54 Å². The molecule has 5 rings (SSSR count). The van der Waals surface area contributed by atoms with E-state index in [2.05, 4.69) is 46.4 Å². The number of amides is 1. The minimum atomic E-state index is -0.543. The van der Waals surface area contributed by atoms with Gasteiger partial charge in [0.15, 0.2) is 17.5 Å². The number of rotatable bonds is 5. The van der Waals surface area contributed by atoms with Crippen LogP contribution >= 0.6 is 0 Å². The van der Waals surface area contributed by atoms with Crippen molar-refractivity contribution < 1.29 is 14.3 Å². The summed E-state index contributed by atoms with van der Waals surface area (Å²) in [5.41, 5.74) is 7.25. The standard InChI is InChI=1S/C26H34N6O3/c1-25(2,15-27)16-28-24(30-19-8-9-21-22(14-19)35-18-34-21)31-12-10-26(11-13-31)23(33)29-17-32(26)20-6-4-3-5-7-20/h3-9,14H,10-13,15-18,27H2,1-2H3,(H,28,30)(H,29,33). The quantitative estimate of drug-likeness (QED) is 0.448. The van der Waals surface area contributed by atoms with Gasteiger partial charge < -0.3 is 35.6 Å². The molecule has 1 spiro atoms. The number of guanidine groups is 1. The number of hydrogen-bond acceptors (Lipinski definition) is 6. The van der Waals surface area contributed by atoms with Gasteiger partial charge in [0, 0.05) is 37.1 Å². The van der Waals surface area contributed by atoms with Crippen molar-refractivity contribution in [2.45, 2.75) is 32.2 Å². The lowest BCUT2D eigenvalue weighted by Gasteiger charge is -2.44. The number of aliphatic imine (C=N–C) groups is 1. The van der Waals surface area contributed by atoms with Gasteiger partial charge in [-0.05, 0) is 49.1 Å². The van der Waals surface area contributed by atoms with Crippen molar-refractivity contribution in [3.05, 3.63) is 48.5 Å². The minimum Gasteiger partial charge on any atom is -0.454 e. The smallest absolute Gasteiger partial charge is 0.247 e. The molecule has 186 valence electrons. The zero-order valence-electron chi connectivity index (χ0n) is 20.4. The molecule has 0 aromatic heterocycles. The Labute approximate surface area is 206 Å². The van der Waals surface area contributed by atoms with Gasteiger partial charge in [-0.2, -0.15) is 0 Å². The summed E-state index contributed by atoms with van der Waals surface area (Å²) >= 11 is 0. The molecule has 3 aliphatic rings. The number of benzene rings is 2. The van der Waals surface area contributed by atoms with Crippen LogP contribution in [0.3, 0.4) is 0 Å². The monoisotopic (exact) mass is 478 g/mol. The van der Waals surface area contributed by atoms with Crippen molar-refractivity contribution in [3.63, 3.8) is 0 Å². The van der Waals surface area contributed by atoms with Crippen molar-refractivity contribution in [1.82, 2.24) is 10.2 Å². The average molecular weight is 479 g/mol. The van der Waals surface area contributed by atoms with Crippen LogP contribution in [0.25, 0.3) is 0 Å². The molecule has 3 heterocycles. The molecule has 4 N–H and O–H groups in total. The lowest BCUT2D eigenvalue weighted by molar-refractivity contribution is -0.124. The van der Waals surface area contributed by atoms with Crippen LogP contribution < -0.4 is 30.7 Å². The van der Waals surface area contributed by atoms with E-state index in [1.807, 2.05) is 36.4 Å². The van der Waals surface area contributed by atoms with Crippen molar-refractivity contribution in [2.24, 2.45) is 16.1 Å². The number of nitrogens with one attached hydrogen (secondary N) is 2. The van der Waals surface area contributed by atoms with E-state index >= 15 is 0 Å². The SMILES string of the molecule is CC(C)(CN)CN=C(Nc1ccc2c(c1)OCO2)N1CCC2(CC1)C(=O)NCN2c1ccccc1. The molecular formula is C26H34N6O3. The Balaban J connectivity index is 1.36. The molecule has 0 aliphatic carbocycles. The zero-order chi connectivity index (χ0) is 24.5. The molecule has 2 aromatic carbocycles. The second kappa shape index (κ2) is 9.30. The maximum atomic E-state index is 13.1. The van der Waals surface area contributed by atoms with Crippen LogP contribution in [0.1, 0.15) is 26.7 Å². The van der Waals surface area contributed by atoms with Crippen LogP contribution in [-0.2, 0) is 4.79 Å². The van der Waals surface area contributed by atoms with E-state index in [1.54, 1.807) is 0 Å². The molecule has 0 saturated carbocycles. The van der Waals surface area contributed by atoms with Gasteiger partial charge in [-0.1, -0.05) is 32.0 Å². The minimum absolute atomic E-state index is 0.104. The number of para-hydroxylation sites is 1. The summed E-state index contributed by atoms with van der Waals surface area (Å²) in [6.07, 6.45) is 1.41. The molecule has 0 unspecified atom stereocenters. The van der Waals surface area contributed by atoms with Gasteiger partial charge >= 0.3 is 0 Å². The molecule has 9 heteroatoms. The van der Waals surface area contributed by atoms with Crippen LogP contribution in [0, 0.1) is 5.41 Å². The maximum absolute atomic E-state index is 13.1. The first kappa shape index (κ1) is 23.3. The summed E-state index contributed by atoms with van der Waals surface area (Å²) in [5, 5.41) is 6.57. The van der Waals surface area contributed by atoms with E-state index in [0.29, 0.717) is 45.7 Å². The number of likely N-dealkylation sites (tertiary alicyclic amines) is 1. The van der Waals surface area contributed by atoms with E-state index in [9.17, 15) is 4.79 Å².